The standard InChI is InChI=1S/C26H16F3N5O5S/c1-38-22-12-15(7-9-21(22)39-20-10-8-18(26(27,28)29)13-19(20)34(36)37)11-17(14-30)24-32-33-25(40-24)31-23(35)16-5-3-2-4-6-16/h2-13H,1H3,(H,31,33,35). The first-order chi connectivity index (χ1) is 19.1. The minimum absolute atomic E-state index is 0.0113. The summed E-state index contributed by atoms with van der Waals surface area (Å²) in [7, 11) is 1.30. The van der Waals surface area contributed by atoms with E-state index < -0.39 is 28.1 Å². The fourth-order valence-corrected chi connectivity index (χ4v) is 4.05. The van der Waals surface area contributed by atoms with Crippen molar-refractivity contribution in [1.82, 2.24) is 10.2 Å². The number of carbonyl (C=O) groups excluding carboxylic acids is 1. The van der Waals surface area contributed by atoms with Gasteiger partial charge < -0.3 is 9.47 Å². The Morgan fingerprint density at radius 2 is 1.80 bits per heavy atom. The number of nitrogens with zero attached hydrogens (tertiary/aromatic N) is 4. The fraction of sp³-hybridized carbons (Fsp3) is 0.0769. The highest BCUT2D eigenvalue weighted by atomic mass is 32.1. The Labute approximate surface area is 228 Å². The molecule has 4 rings (SSSR count). The van der Waals surface area contributed by atoms with Gasteiger partial charge in [0.25, 0.3) is 5.91 Å². The Balaban J connectivity index is 1.57. The normalized spacial score (nSPS) is 11.4. The first-order valence-electron chi connectivity index (χ1n) is 11.1. The molecular formula is C26H16F3N5O5S. The van der Waals surface area contributed by atoms with Gasteiger partial charge in [-0.2, -0.15) is 18.4 Å². The van der Waals surface area contributed by atoms with Crippen LogP contribution in [0.3, 0.4) is 0 Å². The van der Waals surface area contributed by atoms with Crippen LogP contribution in [0.15, 0.2) is 66.7 Å². The highest BCUT2D eigenvalue weighted by Crippen LogP contribution is 2.40. The van der Waals surface area contributed by atoms with Crippen LogP contribution >= 0.6 is 11.3 Å². The summed E-state index contributed by atoms with van der Waals surface area (Å²) in [5.74, 6) is -0.730. The molecule has 0 aliphatic carbocycles. The predicted octanol–water partition coefficient (Wildman–Crippen LogP) is 6.58. The molecule has 40 heavy (non-hydrogen) atoms. The molecule has 1 heterocycles. The number of halogens is 3. The molecule has 1 aromatic heterocycles. The number of allylic oxidation sites excluding steroid dienone is 1. The van der Waals surface area contributed by atoms with E-state index in [2.05, 4.69) is 15.5 Å². The third-order valence-electron chi connectivity index (χ3n) is 5.23. The second kappa shape index (κ2) is 11.6. The maximum atomic E-state index is 13.0. The van der Waals surface area contributed by atoms with Gasteiger partial charge in [-0.3, -0.25) is 20.2 Å². The Bertz CT molecular complexity index is 1650. The van der Waals surface area contributed by atoms with E-state index in [1.165, 1.54) is 31.4 Å². The summed E-state index contributed by atoms with van der Waals surface area (Å²) in [5.41, 5.74) is -1.08. The van der Waals surface area contributed by atoms with Crippen LogP contribution in [0.25, 0.3) is 11.6 Å². The summed E-state index contributed by atoms with van der Waals surface area (Å²) in [6.45, 7) is 0. The third kappa shape index (κ3) is 6.40. The number of hydrogen-bond acceptors (Lipinski definition) is 9. The highest BCUT2D eigenvalue weighted by Gasteiger charge is 2.33. The van der Waals surface area contributed by atoms with Crippen LogP contribution < -0.4 is 14.8 Å². The van der Waals surface area contributed by atoms with Crippen molar-refractivity contribution in [3.63, 3.8) is 0 Å². The van der Waals surface area contributed by atoms with E-state index >= 15 is 0 Å². The third-order valence-corrected chi connectivity index (χ3v) is 6.11. The Morgan fingerprint density at radius 1 is 1.07 bits per heavy atom. The summed E-state index contributed by atoms with van der Waals surface area (Å²) in [6, 6.07) is 16.7. The molecule has 1 N–H and O–H groups in total. The lowest BCUT2D eigenvalue weighted by atomic mass is 10.1. The monoisotopic (exact) mass is 567 g/mol. The fourth-order valence-electron chi connectivity index (χ4n) is 3.35. The number of nitro benzene ring substituents is 1. The average molecular weight is 568 g/mol. The number of benzene rings is 3. The zero-order valence-corrected chi connectivity index (χ0v) is 21.1. The molecule has 202 valence electrons. The molecule has 0 saturated carbocycles. The van der Waals surface area contributed by atoms with Gasteiger partial charge in [0.05, 0.1) is 23.2 Å². The molecule has 1 amide bonds. The molecular weight excluding hydrogens is 551 g/mol. The number of methoxy groups -OCH3 is 1. The van der Waals surface area contributed by atoms with Crippen molar-refractivity contribution in [2.45, 2.75) is 6.18 Å². The molecule has 0 saturated heterocycles. The van der Waals surface area contributed by atoms with Gasteiger partial charge in [0.2, 0.25) is 10.9 Å². The molecule has 4 aromatic rings. The number of amides is 1. The van der Waals surface area contributed by atoms with E-state index in [1.54, 1.807) is 30.3 Å². The van der Waals surface area contributed by atoms with Gasteiger partial charge in [0.1, 0.15) is 6.07 Å². The van der Waals surface area contributed by atoms with Crippen molar-refractivity contribution in [2.24, 2.45) is 0 Å². The number of ether oxygens (including phenoxy) is 2. The van der Waals surface area contributed by atoms with E-state index in [0.29, 0.717) is 23.3 Å². The molecule has 0 aliphatic rings. The van der Waals surface area contributed by atoms with Gasteiger partial charge in [0, 0.05) is 11.6 Å². The van der Waals surface area contributed by atoms with E-state index in [0.717, 1.165) is 17.4 Å². The van der Waals surface area contributed by atoms with Gasteiger partial charge in [-0.25, -0.2) is 0 Å². The van der Waals surface area contributed by atoms with Crippen LogP contribution in [-0.2, 0) is 6.18 Å². The van der Waals surface area contributed by atoms with Crippen LogP contribution in [0.4, 0.5) is 24.0 Å². The first-order valence-corrected chi connectivity index (χ1v) is 11.9. The number of carbonyl (C=O) groups is 1. The molecule has 14 heteroatoms. The average Bonchev–Trinajstić information content (AvgIpc) is 3.40. The molecule has 0 unspecified atom stereocenters. The second-order valence-corrected chi connectivity index (χ2v) is 8.83. The van der Waals surface area contributed by atoms with Crippen molar-refractivity contribution in [2.75, 3.05) is 12.4 Å². The number of nitrogens with one attached hydrogen (secondary N) is 1. The van der Waals surface area contributed by atoms with Crippen molar-refractivity contribution < 1.29 is 32.4 Å². The van der Waals surface area contributed by atoms with E-state index in [4.69, 9.17) is 9.47 Å². The van der Waals surface area contributed by atoms with Gasteiger partial charge in [0.15, 0.2) is 16.5 Å². The van der Waals surface area contributed by atoms with Gasteiger partial charge >= 0.3 is 11.9 Å². The molecule has 0 fully saturated rings. The Hall–Kier alpha value is -5.29. The summed E-state index contributed by atoms with van der Waals surface area (Å²) in [6.07, 6.45) is -3.30. The maximum absolute atomic E-state index is 13.0. The zero-order valence-electron chi connectivity index (χ0n) is 20.3. The smallest absolute Gasteiger partial charge is 0.416 e. The van der Waals surface area contributed by atoms with Crippen molar-refractivity contribution in [3.8, 4) is 23.3 Å². The highest BCUT2D eigenvalue weighted by molar-refractivity contribution is 7.16. The Kier molecular flexibility index (Phi) is 8.06. The number of hydrogen-bond donors (Lipinski definition) is 1. The van der Waals surface area contributed by atoms with E-state index in [9.17, 15) is 33.3 Å². The van der Waals surface area contributed by atoms with E-state index in [-0.39, 0.29) is 33.1 Å². The quantitative estimate of drug-likeness (QED) is 0.143. The SMILES string of the molecule is COc1cc(C=C(C#N)c2nnc(NC(=O)c3ccccc3)s2)ccc1Oc1ccc(C(F)(F)F)cc1[N+](=O)[O-]. The van der Waals surface area contributed by atoms with Crippen molar-refractivity contribution in [3.05, 3.63) is 98.5 Å². The number of aromatic nitrogens is 2. The molecule has 0 bridgehead atoms. The number of nitro groups is 1. The summed E-state index contributed by atoms with van der Waals surface area (Å²) >= 11 is 0.985. The number of nitriles is 1. The number of alkyl halides is 3. The summed E-state index contributed by atoms with van der Waals surface area (Å²) < 4.78 is 49.8. The van der Waals surface area contributed by atoms with Gasteiger partial charge in [-0.1, -0.05) is 35.6 Å². The van der Waals surface area contributed by atoms with Crippen LogP contribution in [0.1, 0.15) is 26.5 Å². The number of rotatable bonds is 8. The lowest BCUT2D eigenvalue weighted by molar-refractivity contribution is -0.385. The lowest BCUT2D eigenvalue weighted by Gasteiger charge is -2.13. The predicted molar refractivity (Wildman–Crippen MR) is 139 cm³/mol. The molecule has 0 atom stereocenters. The van der Waals surface area contributed by atoms with Gasteiger partial charge in [-0.15, -0.1) is 10.2 Å². The summed E-state index contributed by atoms with van der Waals surface area (Å²) in [5, 5.41) is 32.0. The van der Waals surface area contributed by atoms with Crippen LogP contribution in [-0.4, -0.2) is 28.1 Å². The molecule has 0 aliphatic heterocycles. The lowest BCUT2D eigenvalue weighted by Crippen LogP contribution is -2.11. The minimum atomic E-state index is -4.77. The maximum Gasteiger partial charge on any atom is 0.416 e. The topological polar surface area (TPSA) is 140 Å². The van der Waals surface area contributed by atoms with Crippen LogP contribution in [0.5, 0.6) is 17.2 Å². The van der Waals surface area contributed by atoms with Crippen LogP contribution in [0, 0.1) is 21.4 Å². The molecule has 0 radical (unpaired) electrons. The van der Waals surface area contributed by atoms with E-state index in [1.807, 2.05) is 6.07 Å². The summed E-state index contributed by atoms with van der Waals surface area (Å²) in [4.78, 5) is 22.7. The molecule has 10 nitrogen and oxygen atoms in total. The zero-order chi connectivity index (χ0) is 28.9. The van der Waals surface area contributed by atoms with Crippen LogP contribution in [0.2, 0.25) is 0 Å². The number of anilines is 1. The molecule has 0 spiro atoms. The minimum Gasteiger partial charge on any atom is -0.493 e. The van der Waals surface area contributed by atoms with Crippen molar-refractivity contribution >= 4 is 39.7 Å². The Morgan fingerprint density at radius 3 is 2.45 bits per heavy atom. The second-order valence-electron chi connectivity index (χ2n) is 7.85. The van der Waals surface area contributed by atoms with Crippen molar-refractivity contribution in [1.29, 1.82) is 5.26 Å². The van der Waals surface area contributed by atoms with Gasteiger partial charge in [-0.05, 0) is 48.0 Å². The molecule has 3 aromatic carbocycles. The first kappa shape index (κ1) is 27.7. The largest absolute Gasteiger partial charge is 0.493 e.